The van der Waals surface area contributed by atoms with Crippen LogP contribution in [0.2, 0.25) is 0 Å². The number of nitrogens with one attached hydrogen (secondary N) is 2. The average molecular weight is 272 g/mol. The molecule has 1 saturated heterocycles. The molecule has 0 aromatic carbocycles. The van der Waals surface area contributed by atoms with Crippen LogP contribution in [0.25, 0.3) is 16.6 Å². The predicted molar refractivity (Wildman–Crippen MR) is 80.6 cm³/mol. The highest BCUT2D eigenvalue weighted by Gasteiger charge is 2.19. The molecule has 2 N–H and O–H groups in total. The summed E-state index contributed by atoms with van der Waals surface area (Å²) in [7, 11) is 1.82. The minimum Gasteiger partial charge on any atom is -0.357 e. The molecule has 20 heavy (non-hydrogen) atoms. The lowest BCUT2D eigenvalue weighted by molar-refractivity contribution is 0.483. The van der Waals surface area contributed by atoms with Crippen LogP contribution in [0.5, 0.6) is 0 Å². The number of hydrogen-bond donors (Lipinski definition) is 2. The topological polar surface area (TPSA) is 67.7 Å². The van der Waals surface area contributed by atoms with Crippen LogP contribution in [0.1, 0.15) is 25.5 Å². The van der Waals surface area contributed by atoms with Gasteiger partial charge in [-0.3, -0.25) is 0 Å². The quantitative estimate of drug-likeness (QED) is 0.886. The van der Waals surface area contributed by atoms with Crippen molar-refractivity contribution in [2.24, 2.45) is 0 Å². The number of nitrogens with zero attached hydrogens (tertiary/aromatic N) is 4. The van der Waals surface area contributed by atoms with Crippen molar-refractivity contribution >= 4 is 22.6 Å². The summed E-state index contributed by atoms with van der Waals surface area (Å²) in [5, 5.41) is 12.1. The van der Waals surface area contributed by atoms with Crippen molar-refractivity contribution in [3.05, 3.63) is 18.5 Å². The van der Waals surface area contributed by atoms with E-state index in [0.29, 0.717) is 12.0 Å². The molecule has 1 atom stereocenters. The highest BCUT2D eigenvalue weighted by molar-refractivity contribution is 5.87. The third kappa shape index (κ3) is 2.27. The Morgan fingerprint density at radius 1 is 1.60 bits per heavy atom. The van der Waals surface area contributed by atoms with E-state index in [4.69, 9.17) is 0 Å². The van der Waals surface area contributed by atoms with Gasteiger partial charge < -0.3 is 10.6 Å². The molecule has 3 rings (SSSR count). The average Bonchev–Trinajstić information content (AvgIpc) is 3.07. The van der Waals surface area contributed by atoms with Gasteiger partial charge in [-0.2, -0.15) is 10.1 Å². The standard InChI is InChI=1S/C14H20N6/c1-9(2)12-11-7-17-14(15-3)18-13(11)20(19-12)8-10-5-4-6-16-10/h7,10,16H,1,4-6,8H2,2-3H3,(H,15,17,18). The van der Waals surface area contributed by atoms with Gasteiger partial charge in [-0.25, -0.2) is 9.67 Å². The summed E-state index contributed by atoms with van der Waals surface area (Å²) < 4.78 is 1.98. The highest BCUT2D eigenvalue weighted by Crippen LogP contribution is 2.23. The van der Waals surface area contributed by atoms with E-state index < -0.39 is 0 Å². The van der Waals surface area contributed by atoms with Crippen molar-refractivity contribution in [2.45, 2.75) is 32.4 Å². The number of fused-ring (bicyclic) bond motifs is 1. The van der Waals surface area contributed by atoms with Crippen LogP contribution in [0.3, 0.4) is 0 Å². The molecule has 1 aliphatic heterocycles. The summed E-state index contributed by atoms with van der Waals surface area (Å²) in [5.41, 5.74) is 2.70. The summed E-state index contributed by atoms with van der Waals surface area (Å²) in [4.78, 5) is 8.83. The van der Waals surface area contributed by atoms with Gasteiger partial charge in [0.15, 0.2) is 5.65 Å². The molecular formula is C14H20N6. The van der Waals surface area contributed by atoms with Gasteiger partial charge in [-0.1, -0.05) is 6.58 Å². The van der Waals surface area contributed by atoms with E-state index in [-0.39, 0.29) is 0 Å². The number of aromatic nitrogens is 4. The molecule has 0 saturated carbocycles. The zero-order valence-corrected chi connectivity index (χ0v) is 12.0. The van der Waals surface area contributed by atoms with Gasteiger partial charge in [-0.15, -0.1) is 0 Å². The molecule has 106 valence electrons. The fraction of sp³-hybridized carbons (Fsp3) is 0.500. The molecule has 6 nitrogen and oxygen atoms in total. The SMILES string of the molecule is C=C(C)c1nn(CC2CCCN2)c2nc(NC)ncc12. The first-order chi connectivity index (χ1) is 9.69. The second kappa shape index (κ2) is 5.20. The molecule has 3 heterocycles. The van der Waals surface area contributed by atoms with Crippen LogP contribution in [-0.2, 0) is 6.54 Å². The zero-order valence-electron chi connectivity index (χ0n) is 12.0. The predicted octanol–water partition coefficient (Wildman–Crippen LogP) is 1.65. The van der Waals surface area contributed by atoms with Gasteiger partial charge >= 0.3 is 0 Å². The van der Waals surface area contributed by atoms with Gasteiger partial charge in [0, 0.05) is 19.3 Å². The second-order valence-corrected chi connectivity index (χ2v) is 5.29. The molecule has 2 aromatic rings. The lowest BCUT2D eigenvalue weighted by Crippen LogP contribution is -2.27. The number of rotatable bonds is 4. The van der Waals surface area contributed by atoms with Crippen LogP contribution in [0.15, 0.2) is 12.8 Å². The first-order valence-corrected chi connectivity index (χ1v) is 6.99. The Balaban J connectivity index is 2.06. The number of anilines is 1. The van der Waals surface area contributed by atoms with Crippen molar-refractivity contribution in [1.29, 1.82) is 0 Å². The Labute approximate surface area is 118 Å². The van der Waals surface area contributed by atoms with E-state index in [2.05, 4.69) is 32.3 Å². The maximum atomic E-state index is 4.67. The van der Waals surface area contributed by atoms with Gasteiger partial charge in [0.05, 0.1) is 17.6 Å². The molecule has 2 aromatic heterocycles. The molecule has 1 fully saturated rings. The van der Waals surface area contributed by atoms with E-state index in [1.54, 1.807) is 0 Å². The number of allylic oxidation sites excluding steroid dienone is 1. The van der Waals surface area contributed by atoms with Crippen molar-refractivity contribution < 1.29 is 0 Å². The molecule has 0 aliphatic carbocycles. The van der Waals surface area contributed by atoms with Crippen LogP contribution >= 0.6 is 0 Å². The highest BCUT2D eigenvalue weighted by atomic mass is 15.3. The molecule has 0 bridgehead atoms. The lowest BCUT2D eigenvalue weighted by Gasteiger charge is -2.10. The molecule has 6 heteroatoms. The molecule has 0 radical (unpaired) electrons. The van der Waals surface area contributed by atoms with Crippen molar-refractivity contribution in [2.75, 3.05) is 18.9 Å². The van der Waals surface area contributed by atoms with Crippen LogP contribution in [0.4, 0.5) is 5.95 Å². The fourth-order valence-corrected chi connectivity index (χ4v) is 2.64. The summed E-state index contributed by atoms with van der Waals surface area (Å²) >= 11 is 0. The second-order valence-electron chi connectivity index (χ2n) is 5.29. The molecule has 1 unspecified atom stereocenters. The smallest absolute Gasteiger partial charge is 0.224 e. The lowest BCUT2D eigenvalue weighted by atomic mass is 10.2. The molecule has 0 amide bonds. The van der Waals surface area contributed by atoms with Gasteiger partial charge in [0.25, 0.3) is 0 Å². The summed E-state index contributed by atoms with van der Waals surface area (Å²) in [5.74, 6) is 0.617. The van der Waals surface area contributed by atoms with E-state index >= 15 is 0 Å². The Morgan fingerprint density at radius 3 is 3.10 bits per heavy atom. The van der Waals surface area contributed by atoms with E-state index in [1.165, 1.54) is 12.8 Å². The molecule has 0 spiro atoms. The van der Waals surface area contributed by atoms with Crippen LogP contribution in [-0.4, -0.2) is 39.4 Å². The van der Waals surface area contributed by atoms with Gasteiger partial charge in [0.2, 0.25) is 5.95 Å². The Morgan fingerprint density at radius 2 is 2.45 bits per heavy atom. The Bertz CT molecular complexity index is 638. The maximum Gasteiger partial charge on any atom is 0.224 e. The van der Waals surface area contributed by atoms with Crippen molar-refractivity contribution in [1.82, 2.24) is 25.1 Å². The van der Waals surface area contributed by atoms with Crippen molar-refractivity contribution in [3.63, 3.8) is 0 Å². The van der Waals surface area contributed by atoms with Gasteiger partial charge in [0.1, 0.15) is 0 Å². The number of hydrogen-bond acceptors (Lipinski definition) is 5. The van der Waals surface area contributed by atoms with E-state index in [9.17, 15) is 0 Å². The van der Waals surface area contributed by atoms with E-state index in [0.717, 1.165) is 35.4 Å². The van der Waals surface area contributed by atoms with E-state index in [1.807, 2.05) is 24.9 Å². The van der Waals surface area contributed by atoms with Gasteiger partial charge in [-0.05, 0) is 31.9 Å². The maximum absolute atomic E-state index is 4.67. The normalized spacial score (nSPS) is 18.6. The Hall–Kier alpha value is -1.95. The summed E-state index contributed by atoms with van der Waals surface area (Å²) in [6.45, 7) is 7.89. The summed E-state index contributed by atoms with van der Waals surface area (Å²) in [6.07, 6.45) is 4.24. The Kier molecular flexibility index (Phi) is 3.40. The minimum absolute atomic E-state index is 0.476. The molecule has 1 aliphatic rings. The van der Waals surface area contributed by atoms with Crippen LogP contribution in [0, 0.1) is 0 Å². The molecular weight excluding hydrogens is 252 g/mol. The van der Waals surface area contributed by atoms with Crippen LogP contribution < -0.4 is 10.6 Å². The van der Waals surface area contributed by atoms with Crippen molar-refractivity contribution in [3.8, 4) is 0 Å². The largest absolute Gasteiger partial charge is 0.357 e. The minimum atomic E-state index is 0.476. The first-order valence-electron chi connectivity index (χ1n) is 6.99. The third-order valence-corrected chi connectivity index (χ3v) is 3.67. The monoisotopic (exact) mass is 272 g/mol. The summed E-state index contributed by atoms with van der Waals surface area (Å²) in [6, 6.07) is 0.476. The fourth-order valence-electron chi connectivity index (χ4n) is 2.64. The third-order valence-electron chi connectivity index (χ3n) is 3.67. The first kappa shape index (κ1) is 13.1. The zero-order chi connectivity index (χ0) is 14.1.